The number of hydrogen-bond acceptors (Lipinski definition) is 3. The van der Waals surface area contributed by atoms with Gasteiger partial charge in [-0.1, -0.05) is 24.3 Å². The van der Waals surface area contributed by atoms with Crippen LogP contribution in [-0.4, -0.2) is 42.6 Å². The summed E-state index contributed by atoms with van der Waals surface area (Å²) >= 11 is 0. The van der Waals surface area contributed by atoms with Gasteiger partial charge in [0.1, 0.15) is 5.75 Å². The Morgan fingerprint density at radius 3 is 2.27 bits per heavy atom. The summed E-state index contributed by atoms with van der Waals surface area (Å²) in [4.78, 5) is 17.2. The van der Waals surface area contributed by atoms with Gasteiger partial charge in [-0.05, 0) is 68.2 Å². The first-order valence-electron chi connectivity index (χ1n) is 10.1. The predicted molar refractivity (Wildman–Crippen MR) is 109 cm³/mol. The lowest BCUT2D eigenvalue weighted by molar-refractivity contribution is -0.139. The summed E-state index contributed by atoms with van der Waals surface area (Å²) in [6.45, 7) is 1.17. The third-order valence-electron chi connectivity index (χ3n) is 5.56. The lowest BCUT2D eigenvalue weighted by atomic mass is 10.0. The van der Waals surface area contributed by atoms with E-state index in [0.29, 0.717) is 5.56 Å². The van der Waals surface area contributed by atoms with Crippen molar-refractivity contribution in [3.8, 4) is 5.75 Å². The normalized spacial score (nSPS) is 17.6. The monoisotopic (exact) mass is 420 g/mol. The predicted octanol–water partition coefficient (Wildman–Crippen LogP) is 4.73. The molecule has 0 spiro atoms. The maximum atomic E-state index is 13.2. The van der Waals surface area contributed by atoms with E-state index in [1.54, 1.807) is 12.0 Å². The molecular weight excluding hydrogens is 393 g/mol. The summed E-state index contributed by atoms with van der Waals surface area (Å²) < 4.78 is 43.8. The molecule has 7 heteroatoms. The molecule has 1 heterocycles. The average Bonchev–Trinajstić information content (AvgIpc) is 2.73. The lowest BCUT2D eigenvalue weighted by Crippen LogP contribution is -2.51. The Kier molecular flexibility index (Phi) is 7.02. The summed E-state index contributed by atoms with van der Waals surface area (Å²) in [7, 11) is 3.58. The first-order valence-corrected chi connectivity index (χ1v) is 10.1. The molecule has 2 aromatic carbocycles. The maximum absolute atomic E-state index is 13.2. The van der Waals surface area contributed by atoms with E-state index in [2.05, 4.69) is 4.90 Å². The van der Waals surface area contributed by atoms with Gasteiger partial charge in [0.05, 0.1) is 25.3 Å². The largest absolute Gasteiger partial charge is 0.497 e. The number of alkyl halides is 3. The third kappa shape index (κ3) is 5.53. The molecule has 2 aromatic rings. The van der Waals surface area contributed by atoms with Crippen molar-refractivity contribution in [2.75, 3.05) is 20.7 Å². The molecule has 0 N–H and O–H groups in total. The molecule has 162 valence electrons. The van der Waals surface area contributed by atoms with Crippen molar-refractivity contribution in [1.82, 2.24) is 9.80 Å². The Morgan fingerprint density at radius 1 is 1.07 bits per heavy atom. The van der Waals surface area contributed by atoms with Crippen molar-refractivity contribution >= 4 is 5.91 Å². The smallest absolute Gasteiger partial charge is 0.416 e. The van der Waals surface area contributed by atoms with Crippen molar-refractivity contribution in [2.24, 2.45) is 0 Å². The van der Waals surface area contributed by atoms with E-state index in [1.807, 2.05) is 31.3 Å². The number of amides is 1. The number of likely N-dealkylation sites (tertiary alicyclic amines) is 1. The van der Waals surface area contributed by atoms with Gasteiger partial charge in [-0.3, -0.25) is 9.69 Å². The summed E-state index contributed by atoms with van der Waals surface area (Å²) in [6, 6.07) is 12.4. The second-order valence-electron chi connectivity index (χ2n) is 7.70. The van der Waals surface area contributed by atoms with Crippen molar-refractivity contribution < 1.29 is 22.7 Å². The minimum Gasteiger partial charge on any atom is -0.497 e. The van der Waals surface area contributed by atoms with Gasteiger partial charge in [-0.15, -0.1) is 0 Å². The zero-order chi connectivity index (χ0) is 21.7. The molecular formula is C23H27F3N2O2. The number of hydrogen-bond donors (Lipinski definition) is 0. The molecule has 1 atom stereocenters. The first-order chi connectivity index (χ1) is 14.3. The minimum atomic E-state index is -4.37. The summed E-state index contributed by atoms with van der Waals surface area (Å²) in [5.74, 6) is 0.679. The number of piperidine rings is 1. The number of ether oxygens (including phenoxy) is 1. The average molecular weight is 420 g/mol. The van der Waals surface area contributed by atoms with Crippen molar-refractivity contribution in [3.05, 3.63) is 65.2 Å². The molecule has 4 nitrogen and oxygen atoms in total. The molecule has 0 bridgehead atoms. The third-order valence-corrected chi connectivity index (χ3v) is 5.56. The van der Waals surface area contributed by atoms with Gasteiger partial charge in [0.25, 0.3) is 0 Å². The van der Waals surface area contributed by atoms with Crippen LogP contribution in [0.25, 0.3) is 0 Å². The molecule has 0 aliphatic carbocycles. The Morgan fingerprint density at radius 2 is 1.70 bits per heavy atom. The highest BCUT2D eigenvalue weighted by Crippen LogP contribution is 2.30. The molecule has 1 aliphatic rings. The zero-order valence-corrected chi connectivity index (χ0v) is 17.3. The molecule has 1 aliphatic heterocycles. The highest BCUT2D eigenvalue weighted by Gasteiger charge is 2.31. The minimum absolute atomic E-state index is 0.0428. The molecule has 3 rings (SSSR count). The molecule has 0 aromatic heterocycles. The van der Waals surface area contributed by atoms with Crippen molar-refractivity contribution in [2.45, 2.75) is 44.6 Å². The molecule has 30 heavy (non-hydrogen) atoms. The fourth-order valence-electron chi connectivity index (χ4n) is 3.83. The van der Waals surface area contributed by atoms with Gasteiger partial charge in [0.15, 0.2) is 0 Å². The van der Waals surface area contributed by atoms with Crippen molar-refractivity contribution in [1.29, 1.82) is 0 Å². The molecule has 1 amide bonds. The van der Waals surface area contributed by atoms with Gasteiger partial charge in [-0.25, -0.2) is 0 Å². The Bertz CT molecular complexity index is 835. The van der Waals surface area contributed by atoms with Gasteiger partial charge < -0.3 is 9.64 Å². The van der Waals surface area contributed by atoms with Crippen LogP contribution in [0, 0.1) is 0 Å². The number of rotatable bonds is 6. The van der Waals surface area contributed by atoms with Crippen LogP contribution >= 0.6 is 0 Å². The summed E-state index contributed by atoms with van der Waals surface area (Å²) in [6.07, 6.45) is -1.25. The van der Waals surface area contributed by atoms with E-state index < -0.39 is 11.7 Å². The number of methoxy groups -OCH3 is 1. The number of carbonyl (C=O) groups excluding carboxylic acids is 1. The summed E-state index contributed by atoms with van der Waals surface area (Å²) in [5.41, 5.74) is 0.874. The summed E-state index contributed by atoms with van der Waals surface area (Å²) in [5, 5.41) is 0. The molecule has 1 fully saturated rings. The fraction of sp³-hybridized carbons (Fsp3) is 0.435. The maximum Gasteiger partial charge on any atom is 0.416 e. The van der Waals surface area contributed by atoms with E-state index in [-0.39, 0.29) is 25.0 Å². The Balaban J connectivity index is 1.79. The van der Waals surface area contributed by atoms with Crippen LogP contribution in [0.5, 0.6) is 5.75 Å². The lowest BCUT2D eigenvalue weighted by Gasteiger charge is -2.41. The quantitative estimate of drug-likeness (QED) is 0.678. The van der Waals surface area contributed by atoms with Crippen LogP contribution < -0.4 is 4.74 Å². The van der Waals surface area contributed by atoms with Crippen LogP contribution in [0.15, 0.2) is 48.5 Å². The number of carbonyl (C=O) groups is 1. The van der Waals surface area contributed by atoms with Crippen molar-refractivity contribution in [3.63, 3.8) is 0 Å². The fourth-order valence-corrected chi connectivity index (χ4v) is 3.83. The van der Waals surface area contributed by atoms with Crippen LogP contribution in [0.2, 0.25) is 0 Å². The van der Waals surface area contributed by atoms with Crippen LogP contribution in [0.1, 0.15) is 36.0 Å². The topological polar surface area (TPSA) is 32.8 Å². The van der Waals surface area contributed by atoms with E-state index >= 15 is 0 Å². The molecule has 0 saturated carbocycles. The highest BCUT2D eigenvalue weighted by atomic mass is 19.4. The Hall–Kier alpha value is -2.54. The van der Waals surface area contributed by atoms with E-state index in [1.165, 1.54) is 12.1 Å². The second-order valence-corrected chi connectivity index (χ2v) is 7.70. The van der Waals surface area contributed by atoms with Crippen LogP contribution in [0.3, 0.4) is 0 Å². The highest BCUT2D eigenvalue weighted by molar-refractivity contribution is 5.79. The number of nitrogens with zero attached hydrogens (tertiary/aromatic N) is 2. The molecule has 1 saturated heterocycles. The SMILES string of the molecule is COc1ccc(CC(=O)N(Cc2ccc(C(F)(F)F)cc2)C2CCCCN2C)cc1. The number of benzene rings is 2. The molecule has 1 unspecified atom stereocenters. The standard InChI is InChI=1S/C23H27F3N2O2/c1-27-14-4-3-5-21(27)28(16-18-6-10-19(11-7-18)23(24,25)26)22(29)15-17-8-12-20(30-2)13-9-17/h6-13,21H,3-5,14-16H2,1-2H3. The second kappa shape index (κ2) is 9.51. The van der Waals surface area contributed by atoms with E-state index in [0.717, 1.165) is 49.3 Å². The van der Waals surface area contributed by atoms with Gasteiger partial charge in [0, 0.05) is 6.54 Å². The van der Waals surface area contributed by atoms with Gasteiger partial charge in [-0.2, -0.15) is 13.2 Å². The van der Waals surface area contributed by atoms with E-state index in [4.69, 9.17) is 4.74 Å². The van der Waals surface area contributed by atoms with E-state index in [9.17, 15) is 18.0 Å². The Labute approximate surface area is 175 Å². The number of halogens is 3. The van der Waals surface area contributed by atoms with Crippen LogP contribution in [-0.2, 0) is 23.9 Å². The molecule has 0 radical (unpaired) electrons. The van der Waals surface area contributed by atoms with Gasteiger partial charge >= 0.3 is 6.18 Å². The first kappa shape index (κ1) is 22.2. The van der Waals surface area contributed by atoms with Gasteiger partial charge in [0.2, 0.25) is 5.91 Å². The zero-order valence-electron chi connectivity index (χ0n) is 17.3. The van der Waals surface area contributed by atoms with Crippen LogP contribution in [0.4, 0.5) is 13.2 Å².